The molecule has 1 saturated carbocycles. The van der Waals surface area contributed by atoms with E-state index >= 15 is 0 Å². The number of thiophene rings is 1. The van der Waals surface area contributed by atoms with Crippen LogP contribution < -0.4 is 0 Å². The minimum Gasteiger partial charge on any atom is -0.375 e. The van der Waals surface area contributed by atoms with Gasteiger partial charge in [0.05, 0.1) is 19.3 Å². The molecule has 3 rings (SSSR count). The first-order valence-electron chi connectivity index (χ1n) is 8.72. The van der Waals surface area contributed by atoms with E-state index in [0.717, 1.165) is 32.5 Å². The van der Waals surface area contributed by atoms with Gasteiger partial charge in [0.25, 0.3) is 0 Å². The van der Waals surface area contributed by atoms with E-state index in [-0.39, 0.29) is 12.5 Å². The lowest BCUT2D eigenvalue weighted by Crippen LogP contribution is -2.47. The summed E-state index contributed by atoms with van der Waals surface area (Å²) in [5, 5.41) is 0. The van der Waals surface area contributed by atoms with Crippen molar-refractivity contribution in [2.75, 3.05) is 40.5 Å². The van der Waals surface area contributed by atoms with Gasteiger partial charge in [-0.3, -0.25) is 9.69 Å². The van der Waals surface area contributed by atoms with E-state index in [4.69, 9.17) is 9.47 Å². The Morgan fingerprint density at radius 2 is 2.25 bits per heavy atom. The molecule has 0 spiro atoms. The van der Waals surface area contributed by atoms with Crippen molar-refractivity contribution in [1.29, 1.82) is 0 Å². The topological polar surface area (TPSA) is 42.0 Å². The summed E-state index contributed by atoms with van der Waals surface area (Å²) in [6, 6.07) is 4.93. The van der Waals surface area contributed by atoms with Gasteiger partial charge in [-0.05, 0) is 37.8 Å². The van der Waals surface area contributed by atoms with Gasteiger partial charge in [0.15, 0.2) is 0 Å². The minimum absolute atomic E-state index is 0.0244. The fourth-order valence-corrected chi connectivity index (χ4v) is 4.59. The molecule has 1 amide bonds. The molecule has 1 saturated heterocycles. The molecule has 0 N–H and O–H groups in total. The van der Waals surface area contributed by atoms with Crippen LogP contribution in [-0.2, 0) is 20.8 Å². The molecule has 24 heavy (non-hydrogen) atoms. The van der Waals surface area contributed by atoms with Gasteiger partial charge >= 0.3 is 0 Å². The van der Waals surface area contributed by atoms with Crippen molar-refractivity contribution in [3.05, 3.63) is 21.9 Å². The second-order valence-corrected chi connectivity index (χ2v) is 8.47. The smallest absolute Gasteiger partial charge is 0.248 e. The van der Waals surface area contributed by atoms with Crippen molar-refractivity contribution in [3.63, 3.8) is 0 Å². The number of morpholine rings is 1. The third-order valence-corrected chi connectivity index (χ3v) is 5.97. The number of nitrogens with zero attached hydrogens (tertiary/aromatic N) is 2. The number of carbonyl (C=O) groups is 1. The Hall–Kier alpha value is -0.950. The Morgan fingerprint density at radius 1 is 1.42 bits per heavy atom. The first-order valence-corrected chi connectivity index (χ1v) is 9.53. The van der Waals surface area contributed by atoms with Crippen LogP contribution in [0.5, 0.6) is 0 Å². The molecule has 0 radical (unpaired) electrons. The third kappa shape index (κ3) is 4.36. The summed E-state index contributed by atoms with van der Waals surface area (Å²) in [6.45, 7) is 5.84. The number of rotatable bonds is 6. The molecule has 6 heteroatoms. The van der Waals surface area contributed by atoms with Crippen LogP contribution in [-0.4, -0.2) is 68.3 Å². The molecular weight excluding hydrogens is 324 g/mol. The number of fused-ring (bicyclic) bond motifs is 1. The average molecular weight is 353 g/mol. The highest BCUT2D eigenvalue weighted by atomic mass is 32.1. The molecular formula is C18H28N2O3S. The Kier molecular flexibility index (Phi) is 5.92. The van der Waals surface area contributed by atoms with Crippen molar-refractivity contribution in [1.82, 2.24) is 9.80 Å². The molecule has 2 fully saturated rings. The summed E-state index contributed by atoms with van der Waals surface area (Å²) >= 11 is 1.89. The average Bonchev–Trinajstić information content (AvgIpc) is 3.13. The van der Waals surface area contributed by atoms with Crippen LogP contribution in [0.2, 0.25) is 0 Å². The molecule has 3 atom stereocenters. The molecule has 0 bridgehead atoms. The van der Waals surface area contributed by atoms with E-state index in [0.29, 0.717) is 24.7 Å². The summed E-state index contributed by atoms with van der Waals surface area (Å²) in [6.07, 6.45) is 2.46. The van der Waals surface area contributed by atoms with E-state index in [2.05, 4.69) is 24.0 Å². The first kappa shape index (κ1) is 17.9. The van der Waals surface area contributed by atoms with Crippen LogP contribution in [0.15, 0.2) is 12.1 Å². The van der Waals surface area contributed by atoms with E-state index in [1.807, 2.05) is 11.3 Å². The molecule has 5 nitrogen and oxygen atoms in total. The number of likely N-dealkylation sites (N-methyl/N-ethyl adjacent to an activating group) is 1. The van der Waals surface area contributed by atoms with Crippen molar-refractivity contribution >= 4 is 17.2 Å². The summed E-state index contributed by atoms with van der Waals surface area (Å²) in [4.78, 5) is 18.5. The number of ether oxygens (including phenoxy) is 2. The molecule has 1 aliphatic carbocycles. The zero-order valence-electron chi connectivity index (χ0n) is 14.9. The Balaban J connectivity index is 1.50. The normalized spacial score (nSPS) is 27.2. The lowest BCUT2D eigenvalue weighted by molar-refractivity contribution is -0.134. The first-order chi connectivity index (χ1) is 11.5. The SMILES string of the molecule is Cc1ccc(CN2CCO[C@@H]3C[C@H](COCC(=O)N(C)C)C[C@H]32)s1. The summed E-state index contributed by atoms with van der Waals surface area (Å²) in [5.74, 6) is 0.511. The van der Waals surface area contributed by atoms with Crippen LogP contribution in [0, 0.1) is 12.8 Å². The molecule has 0 aromatic carbocycles. The highest BCUT2D eigenvalue weighted by Crippen LogP contribution is 2.35. The monoisotopic (exact) mass is 352 g/mol. The number of hydrogen-bond acceptors (Lipinski definition) is 5. The number of aryl methyl sites for hydroxylation is 1. The quantitative estimate of drug-likeness (QED) is 0.787. The van der Waals surface area contributed by atoms with Gasteiger partial charge in [-0.2, -0.15) is 0 Å². The molecule has 2 heterocycles. The maximum atomic E-state index is 11.6. The van der Waals surface area contributed by atoms with Crippen LogP contribution in [0.3, 0.4) is 0 Å². The van der Waals surface area contributed by atoms with Crippen molar-refractivity contribution < 1.29 is 14.3 Å². The van der Waals surface area contributed by atoms with Crippen molar-refractivity contribution in [2.24, 2.45) is 5.92 Å². The number of amides is 1. The summed E-state index contributed by atoms with van der Waals surface area (Å²) in [7, 11) is 3.52. The van der Waals surface area contributed by atoms with Crippen molar-refractivity contribution in [3.8, 4) is 0 Å². The third-order valence-electron chi connectivity index (χ3n) is 4.98. The second-order valence-electron chi connectivity index (χ2n) is 7.10. The van der Waals surface area contributed by atoms with Crippen LogP contribution in [0.25, 0.3) is 0 Å². The van der Waals surface area contributed by atoms with Gasteiger partial charge in [-0.25, -0.2) is 0 Å². The second kappa shape index (κ2) is 7.95. The van der Waals surface area contributed by atoms with E-state index in [1.54, 1.807) is 19.0 Å². The van der Waals surface area contributed by atoms with E-state index in [1.165, 1.54) is 9.75 Å². The summed E-state index contributed by atoms with van der Waals surface area (Å²) in [5.41, 5.74) is 0. The van der Waals surface area contributed by atoms with Gasteiger partial charge in [0, 0.05) is 43.0 Å². The molecule has 0 unspecified atom stereocenters. The predicted octanol–water partition coefficient (Wildman–Crippen LogP) is 2.14. The molecule has 1 aliphatic heterocycles. The maximum absolute atomic E-state index is 11.6. The lowest BCUT2D eigenvalue weighted by atomic mass is 10.1. The van der Waals surface area contributed by atoms with Crippen LogP contribution in [0.1, 0.15) is 22.6 Å². The predicted molar refractivity (Wildman–Crippen MR) is 95.2 cm³/mol. The zero-order valence-corrected chi connectivity index (χ0v) is 15.7. The standard InChI is InChI=1S/C18H28N2O3S/c1-13-4-5-15(24-13)10-20-6-7-23-17-9-14(8-16(17)20)11-22-12-18(21)19(2)3/h4-5,14,16-17H,6-12H2,1-3H3/t14-,16-,17-/m1/s1. The Bertz CT molecular complexity index is 560. The largest absolute Gasteiger partial charge is 0.375 e. The number of hydrogen-bond donors (Lipinski definition) is 0. The minimum atomic E-state index is 0.0244. The number of carbonyl (C=O) groups excluding carboxylic acids is 1. The zero-order chi connectivity index (χ0) is 17.1. The highest BCUT2D eigenvalue weighted by molar-refractivity contribution is 7.11. The van der Waals surface area contributed by atoms with Gasteiger partial charge < -0.3 is 14.4 Å². The van der Waals surface area contributed by atoms with E-state index < -0.39 is 0 Å². The maximum Gasteiger partial charge on any atom is 0.248 e. The van der Waals surface area contributed by atoms with Crippen LogP contribution in [0.4, 0.5) is 0 Å². The lowest BCUT2D eigenvalue weighted by Gasteiger charge is -2.37. The fraction of sp³-hybridized carbons (Fsp3) is 0.722. The molecule has 1 aromatic heterocycles. The van der Waals surface area contributed by atoms with Gasteiger partial charge in [0.1, 0.15) is 6.61 Å². The van der Waals surface area contributed by atoms with Gasteiger partial charge in [0.2, 0.25) is 5.91 Å². The van der Waals surface area contributed by atoms with Crippen LogP contribution >= 0.6 is 11.3 Å². The fourth-order valence-electron chi connectivity index (χ4n) is 3.67. The summed E-state index contributed by atoms with van der Waals surface area (Å²) < 4.78 is 11.6. The Morgan fingerprint density at radius 3 is 2.96 bits per heavy atom. The highest BCUT2D eigenvalue weighted by Gasteiger charge is 2.41. The van der Waals surface area contributed by atoms with Gasteiger partial charge in [-0.15, -0.1) is 11.3 Å². The van der Waals surface area contributed by atoms with Gasteiger partial charge in [-0.1, -0.05) is 0 Å². The van der Waals surface area contributed by atoms with Crippen molar-refractivity contribution in [2.45, 2.75) is 38.5 Å². The Labute approximate surface area is 148 Å². The van der Waals surface area contributed by atoms with E-state index in [9.17, 15) is 4.79 Å². The molecule has 134 valence electrons. The molecule has 1 aromatic rings. The molecule has 2 aliphatic rings.